The van der Waals surface area contributed by atoms with Crippen LogP contribution in [0, 0.1) is 6.92 Å². The number of alkyl halides is 1. The summed E-state index contributed by atoms with van der Waals surface area (Å²) in [5.41, 5.74) is 3.86. The Kier molecular flexibility index (Phi) is 3.98. The Balaban J connectivity index is 2.12. The monoisotopic (exact) mass is 340 g/mol. The van der Waals surface area contributed by atoms with E-state index in [0.29, 0.717) is 0 Å². The molecule has 0 aromatic heterocycles. The molecule has 0 amide bonds. The molecule has 0 fully saturated rings. The van der Waals surface area contributed by atoms with Crippen LogP contribution in [0.1, 0.15) is 21.5 Å². The third kappa shape index (κ3) is 2.68. The van der Waals surface area contributed by atoms with Crippen LogP contribution < -0.4 is 4.74 Å². The molecule has 1 atom stereocenters. The summed E-state index contributed by atoms with van der Waals surface area (Å²) in [6.07, 6.45) is 0. The lowest BCUT2D eigenvalue weighted by Gasteiger charge is -2.17. The summed E-state index contributed by atoms with van der Waals surface area (Å²) >= 11 is 3.87. The highest BCUT2D eigenvalue weighted by Crippen LogP contribution is 2.37. The molecule has 0 spiro atoms. The Morgan fingerprint density at radius 1 is 0.905 bits per heavy atom. The maximum atomic E-state index is 5.23. The minimum atomic E-state index is 0.175. The van der Waals surface area contributed by atoms with E-state index in [1.165, 1.54) is 27.5 Å². The predicted molar refractivity (Wildman–Crippen MR) is 92.4 cm³/mol. The zero-order chi connectivity index (χ0) is 14.8. The first-order chi connectivity index (χ1) is 10.2. The summed E-state index contributed by atoms with van der Waals surface area (Å²) in [7, 11) is 1.69. The van der Waals surface area contributed by atoms with Crippen LogP contribution in [0.25, 0.3) is 10.8 Å². The summed E-state index contributed by atoms with van der Waals surface area (Å²) in [4.78, 5) is 0.175. The average Bonchev–Trinajstić information content (AvgIpc) is 2.54. The van der Waals surface area contributed by atoms with E-state index < -0.39 is 0 Å². The van der Waals surface area contributed by atoms with E-state index in [2.05, 4.69) is 71.4 Å². The molecule has 0 saturated carbocycles. The van der Waals surface area contributed by atoms with Crippen molar-refractivity contribution >= 4 is 26.7 Å². The maximum Gasteiger partial charge on any atom is 0.118 e. The lowest BCUT2D eigenvalue weighted by atomic mass is 9.94. The van der Waals surface area contributed by atoms with Crippen molar-refractivity contribution in [2.24, 2.45) is 0 Å². The molecule has 3 aromatic rings. The number of benzene rings is 3. The van der Waals surface area contributed by atoms with Crippen molar-refractivity contribution in [2.75, 3.05) is 7.11 Å². The quantitative estimate of drug-likeness (QED) is 0.560. The van der Waals surface area contributed by atoms with Crippen LogP contribution in [-0.2, 0) is 0 Å². The lowest BCUT2D eigenvalue weighted by molar-refractivity contribution is 0.414. The Morgan fingerprint density at radius 2 is 1.62 bits per heavy atom. The van der Waals surface area contributed by atoms with Crippen LogP contribution in [0.2, 0.25) is 0 Å². The lowest BCUT2D eigenvalue weighted by Crippen LogP contribution is -1.97. The third-order valence-corrected chi connectivity index (χ3v) is 4.84. The molecule has 0 radical (unpaired) electrons. The van der Waals surface area contributed by atoms with Crippen LogP contribution in [0.4, 0.5) is 0 Å². The molecule has 0 bridgehead atoms. The van der Waals surface area contributed by atoms with Gasteiger partial charge in [0, 0.05) is 0 Å². The van der Waals surface area contributed by atoms with Gasteiger partial charge in [-0.2, -0.15) is 0 Å². The Bertz CT molecular complexity index is 762. The van der Waals surface area contributed by atoms with Gasteiger partial charge in [-0.25, -0.2) is 0 Å². The first kappa shape index (κ1) is 14.2. The zero-order valence-corrected chi connectivity index (χ0v) is 13.7. The van der Waals surface area contributed by atoms with Gasteiger partial charge in [-0.05, 0) is 46.5 Å². The first-order valence-electron chi connectivity index (χ1n) is 6.97. The van der Waals surface area contributed by atoms with Gasteiger partial charge in [0.25, 0.3) is 0 Å². The summed E-state index contributed by atoms with van der Waals surface area (Å²) in [5.74, 6) is 0.882. The summed E-state index contributed by atoms with van der Waals surface area (Å²) in [6.45, 7) is 2.17. The van der Waals surface area contributed by atoms with Crippen LogP contribution >= 0.6 is 15.9 Å². The maximum absolute atomic E-state index is 5.23. The van der Waals surface area contributed by atoms with E-state index in [1.807, 2.05) is 12.1 Å². The molecule has 0 saturated heterocycles. The fraction of sp³-hybridized carbons (Fsp3) is 0.158. The minimum absolute atomic E-state index is 0.175. The van der Waals surface area contributed by atoms with Gasteiger partial charge in [0.15, 0.2) is 0 Å². The SMILES string of the molecule is COc1ccc(C(Br)c2c(C)ccc3ccccc23)cc1. The summed E-state index contributed by atoms with van der Waals surface area (Å²) < 4.78 is 5.23. The number of rotatable bonds is 3. The van der Waals surface area contributed by atoms with Gasteiger partial charge >= 0.3 is 0 Å². The number of hydrogen-bond acceptors (Lipinski definition) is 1. The highest BCUT2D eigenvalue weighted by Gasteiger charge is 2.15. The molecule has 0 aliphatic rings. The Morgan fingerprint density at radius 3 is 2.33 bits per heavy atom. The minimum Gasteiger partial charge on any atom is -0.497 e. The van der Waals surface area contributed by atoms with Crippen molar-refractivity contribution in [1.29, 1.82) is 0 Å². The van der Waals surface area contributed by atoms with E-state index in [-0.39, 0.29) is 4.83 Å². The molecule has 0 aliphatic heterocycles. The van der Waals surface area contributed by atoms with Crippen molar-refractivity contribution in [3.05, 3.63) is 77.4 Å². The molecule has 21 heavy (non-hydrogen) atoms. The van der Waals surface area contributed by atoms with E-state index in [1.54, 1.807) is 7.11 Å². The van der Waals surface area contributed by atoms with Gasteiger partial charge in [-0.15, -0.1) is 0 Å². The second kappa shape index (κ2) is 5.90. The van der Waals surface area contributed by atoms with Gasteiger partial charge < -0.3 is 4.74 Å². The van der Waals surface area contributed by atoms with Gasteiger partial charge in [0.2, 0.25) is 0 Å². The van der Waals surface area contributed by atoms with Crippen LogP contribution in [0.3, 0.4) is 0 Å². The molecule has 2 heteroatoms. The Labute approximate surface area is 133 Å². The Hall–Kier alpha value is -1.80. The number of fused-ring (bicyclic) bond motifs is 1. The van der Waals surface area contributed by atoms with E-state index in [4.69, 9.17) is 4.74 Å². The average molecular weight is 341 g/mol. The van der Waals surface area contributed by atoms with Gasteiger partial charge in [0.1, 0.15) is 5.75 Å². The molecular formula is C19H17BrO. The normalized spacial score (nSPS) is 12.3. The zero-order valence-electron chi connectivity index (χ0n) is 12.1. The predicted octanol–water partition coefficient (Wildman–Crippen LogP) is 5.64. The molecule has 3 rings (SSSR count). The van der Waals surface area contributed by atoms with Crippen molar-refractivity contribution in [3.63, 3.8) is 0 Å². The number of methoxy groups -OCH3 is 1. The van der Waals surface area contributed by atoms with Crippen LogP contribution in [0.5, 0.6) is 5.75 Å². The number of aryl methyl sites for hydroxylation is 1. The number of ether oxygens (including phenoxy) is 1. The second-order valence-electron chi connectivity index (χ2n) is 5.15. The topological polar surface area (TPSA) is 9.23 Å². The highest BCUT2D eigenvalue weighted by atomic mass is 79.9. The smallest absolute Gasteiger partial charge is 0.118 e. The fourth-order valence-corrected chi connectivity index (χ4v) is 3.59. The largest absolute Gasteiger partial charge is 0.497 e. The van der Waals surface area contributed by atoms with Crippen molar-refractivity contribution in [2.45, 2.75) is 11.8 Å². The molecule has 0 N–H and O–H groups in total. The first-order valence-corrected chi connectivity index (χ1v) is 7.88. The van der Waals surface area contributed by atoms with Crippen LogP contribution in [-0.4, -0.2) is 7.11 Å². The van der Waals surface area contributed by atoms with Crippen molar-refractivity contribution in [1.82, 2.24) is 0 Å². The highest BCUT2D eigenvalue weighted by molar-refractivity contribution is 9.09. The molecule has 106 valence electrons. The second-order valence-corrected chi connectivity index (χ2v) is 6.07. The van der Waals surface area contributed by atoms with Gasteiger partial charge in [0.05, 0.1) is 11.9 Å². The summed E-state index contributed by atoms with van der Waals surface area (Å²) in [5, 5.41) is 2.58. The van der Waals surface area contributed by atoms with Gasteiger partial charge in [-0.1, -0.05) is 64.5 Å². The van der Waals surface area contributed by atoms with E-state index >= 15 is 0 Å². The fourth-order valence-electron chi connectivity index (χ4n) is 2.68. The molecule has 0 heterocycles. The molecular weight excluding hydrogens is 324 g/mol. The summed E-state index contributed by atoms with van der Waals surface area (Å²) in [6, 6.07) is 21.1. The molecule has 1 unspecified atom stereocenters. The third-order valence-electron chi connectivity index (χ3n) is 3.85. The molecule has 1 nitrogen and oxygen atoms in total. The number of halogens is 1. The van der Waals surface area contributed by atoms with E-state index in [9.17, 15) is 0 Å². The number of hydrogen-bond donors (Lipinski definition) is 0. The van der Waals surface area contributed by atoms with Crippen LogP contribution in [0.15, 0.2) is 60.7 Å². The standard InChI is InChI=1S/C19H17BrO/c1-13-7-8-14-5-3-4-6-17(14)18(13)19(20)15-9-11-16(21-2)12-10-15/h3-12,19H,1-2H3. The van der Waals surface area contributed by atoms with Gasteiger partial charge in [-0.3, -0.25) is 0 Å². The molecule has 3 aromatic carbocycles. The van der Waals surface area contributed by atoms with Crippen molar-refractivity contribution in [3.8, 4) is 5.75 Å². The van der Waals surface area contributed by atoms with Crippen molar-refractivity contribution < 1.29 is 4.74 Å². The van der Waals surface area contributed by atoms with E-state index in [0.717, 1.165) is 5.75 Å². The molecule has 0 aliphatic carbocycles.